The van der Waals surface area contributed by atoms with Crippen molar-refractivity contribution in [1.82, 2.24) is 19.8 Å². The van der Waals surface area contributed by atoms with Gasteiger partial charge in [0.25, 0.3) is 5.91 Å². The van der Waals surface area contributed by atoms with Crippen LogP contribution >= 0.6 is 0 Å². The van der Waals surface area contributed by atoms with Crippen LogP contribution in [0.15, 0.2) is 54.6 Å². The molecule has 6 heteroatoms. The van der Waals surface area contributed by atoms with Gasteiger partial charge in [0.15, 0.2) is 5.82 Å². The van der Waals surface area contributed by atoms with Gasteiger partial charge in [-0.25, -0.2) is 4.98 Å². The molecule has 0 bridgehead atoms. The van der Waals surface area contributed by atoms with E-state index >= 15 is 0 Å². The molecule has 2 amide bonds. The fourth-order valence-electron chi connectivity index (χ4n) is 4.43. The summed E-state index contributed by atoms with van der Waals surface area (Å²) in [5.74, 6) is 0.636. The molecule has 4 rings (SSSR count). The number of amides is 2. The largest absolute Gasteiger partial charge is 0.354 e. The van der Waals surface area contributed by atoms with E-state index in [4.69, 9.17) is 0 Å². The summed E-state index contributed by atoms with van der Waals surface area (Å²) in [5, 5.41) is 3.09. The van der Waals surface area contributed by atoms with E-state index in [1.165, 1.54) is 5.56 Å². The number of hydrogen-bond donors (Lipinski definition) is 1. The summed E-state index contributed by atoms with van der Waals surface area (Å²) < 4.78 is 1.91. The number of carbonyl (C=O) groups excluding carboxylic acids is 2. The maximum absolute atomic E-state index is 13.6. The summed E-state index contributed by atoms with van der Waals surface area (Å²) in [4.78, 5) is 33.4. The van der Waals surface area contributed by atoms with E-state index in [1.54, 1.807) is 4.90 Å². The van der Waals surface area contributed by atoms with Crippen molar-refractivity contribution in [3.05, 3.63) is 66.0 Å². The van der Waals surface area contributed by atoms with Crippen LogP contribution in [0.4, 0.5) is 0 Å². The minimum Gasteiger partial charge on any atom is -0.354 e. The zero-order chi connectivity index (χ0) is 22.7. The van der Waals surface area contributed by atoms with Crippen LogP contribution < -0.4 is 5.32 Å². The van der Waals surface area contributed by atoms with Gasteiger partial charge in [0.2, 0.25) is 5.91 Å². The average Bonchev–Trinajstić information content (AvgIpc) is 3.15. The van der Waals surface area contributed by atoms with E-state index in [9.17, 15) is 9.59 Å². The van der Waals surface area contributed by atoms with Gasteiger partial charge in [-0.2, -0.15) is 0 Å². The van der Waals surface area contributed by atoms with Crippen molar-refractivity contribution < 1.29 is 9.59 Å². The second-order valence-corrected chi connectivity index (χ2v) is 9.27. The minimum absolute atomic E-state index is 0.102. The fraction of sp³-hybridized carbons (Fsp3) is 0.423. The summed E-state index contributed by atoms with van der Waals surface area (Å²) >= 11 is 0. The van der Waals surface area contributed by atoms with Gasteiger partial charge in [0, 0.05) is 13.1 Å². The second kappa shape index (κ2) is 9.15. The molecule has 0 saturated heterocycles. The highest BCUT2D eigenvalue weighted by Crippen LogP contribution is 2.31. The first-order valence-electron chi connectivity index (χ1n) is 11.5. The Morgan fingerprint density at radius 3 is 2.59 bits per heavy atom. The number of fused-ring (bicyclic) bond motifs is 3. The molecule has 2 aromatic carbocycles. The number of hydrogen-bond acceptors (Lipinski definition) is 3. The molecule has 1 atom stereocenters. The number of aromatic nitrogens is 2. The monoisotopic (exact) mass is 432 g/mol. The molecule has 1 aliphatic rings. The van der Waals surface area contributed by atoms with E-state index in [-0.39, 0.29) is 11.8 Å². The van der Waals surface area contributed by atoms with Gasteiger partial charge in [0.05, 0.1) is 17.6 Å². The number of benzene rings is 2. The van der Waals surface area contributed by atoms with Crippen LogP contribution in [0.2, 0.25) is 0 Å². The molecule has 3 aromatic rings. The zero-order valence-electron chi connectivity index (χ0n) is 19.2. The van der Waals surface area contributed by atoms with Gasteiger partial charge in [-0.1, -0.05) is 56.3 Å². The Morgan fingerprint density at radius 2 is 1.84 bits per heavy atom. The SMILES string of the molecule is CC(C)CCNC(=O)C1(C)Cn2c(nc3ccccc32)C(=O)N1CCCc1ccccc1. The number of para-hydroxylation sites is 2. The lowest BCUT2D eigenvalue weighted by Gasteiger charge is -2.43. The number of nitrogens with zero attached hydrogens (tertiary/aromatic N) is 3. The number of rotatable bonds is 8. The highest BCUT2D eigenvalue weighted by Gasteiger charge is 2.48. The first-order valence-corrected chi connectivity index (χ1v) is 11.5. The molecule has 6 nitrogen and oxygen atoms in total. The number of nitrogens with one attached hydrogen (secondary N) is 1. The van der Waals surface area contributed by atoms with Gasteiger partial charge in [-0.3, -0.25) is 9.59 Å². The van der Waals surface area contributed by atoms with E-state index < -0.39 is 5.54 Å². The Hall–Kier alpha value is -3.15. The van der Waals surface area contributed by atoms with Gasteiger partial charge >= 0.3 is 0 Å². The topological polar surface area (TPSA) is 67.2 Å². The highest BCUT2D eigenvalue weighted by molar-refractivity contribution is 6.01. The molecule has 0 aliphatic carbocycles. The first kappa shape index (κ1) is 22.1. The molecule has 1 N–H and O–H groups in total. The summed E-state index contributed by atoms with van der Waals surface area (Å²) in [6.07, 6.45) is 2.54. The van der Waals surface area contributed by atoms with Gasteiger partial charge in [0.1, 0.15) is 5.54 Å². The van der Waals surface area contributed by atoms with E-state index in [1.807, 2.05) is 54.0 Å². The van der Waals surface area contributed by atoms with Gasteiger partial charge < -0.3 is 14.8 Å². The molecule has 0 saturated carbocycles. The smallest absolute Gasteiger partial charge is 0.290 e. The molecular formula is C26H32N4O2. The number of aryl methyl sites for hydroxylation is 1. The third-order valence-corrected chi connectivity index (χ3v) is 6.34. The third-order valence-electron chi connectivity index (χ3n) is 6.34. The Labute approximate surface area is 189 Å². The van der Waals surface area contributed by atoms with E-state index in [0.717, 1.165) is 30.3 Å². The van der Waals surface area contributed by atoms with Crippen molar-refractivity contribution in [1.29, 1.82) is 0 Å². The molecule has 0 fully saturated rings. The Morgan fingerprint density at radius 1 is 1.12 bits per heavy atom. The first-order chi connectivity index (χ1) is 15.4. The van der Waals surface area contributed by atoms with Crippen molar-refractivity contribution in [2.45, 2.75) is 52.1 Å². The Kier molecular flexibility index (Phi) is 6.31. The summed E-state index contributed by atoms with van der Waals surface area (Å²) in [6, 6.07) is 18.0. The summed E-state index contributed by atoms with van der Waals surface area (Å²) in [6.45, 7) is 7.67. The molecule has 1 unspecified atom stereocenters. The maximum atomic E-state index is 13.6. The quantitative estimate of drug-likeness (QED) is 0.584. The standard InChI is InChI=1S/C26H32N4O2/c1-19(2)15-16-27-25(32)26(3)18-29-22-14-8-7-13-21(22)28-23(29)24(31)30(26)17-9-12-20-10-5-4-6-11-20/h4-8,10-11,13-14,19H,9,12,15-18H2,1-3H3,(H,27,32). The van der Waals surface area contributed by atoms with Crippen LogP contribution in [-0.4, -0.2) is 44.9 Å². The molecule has 1 aliphatic heterocycles. The van der Waals surface area contributed by atoms with E-state index in [0.29, 0.717) is 31.4 Å². The average molecular weight is 433 g/mol. The minimum atomic E-state index is -0.971. The second-order valence-electron chi connectivity index (χ2n) is 9.27. The van der Waals surface area contributed by atoms with Crippen molar-refractivity contribution >= 4 is 22.8 Å². The molecular weight excluding hydrogens is 400 g/mol. The van der Waals surface area contributed by atoms with Crippen molar-refractivity contribution in [2.75, 3.05) is 13.1 Å². The Balaban J connectivity index is 1.62. The molecule has 2 heterocycles. The fourth-order valence-corrected chi connectivity index (χ4v) is 4.43. The molecule has 1 aromatic heterocycles. The summed E-state index contributed by atoms with van der Waals surface area (Å²) in [5.41, 5.74) is 1.93. The van der Waals surface area contributed by atoms with Crippen LogP contribution in [0.1, 0.15) is 49.8 Å². The highest BCUT2D eigenvalue weighted by atomic mass is 16.2. The molecule has 168 valence electrons. The van der Waals surface area contributed by atoms with Gasteiger partial charge in [-0.05, 0) is 49.8 Å². The predicted molar refractivity (Wildman–Crippen MR) is 126 cm³/mol. The number of carbonyl (C=O) groups is 2. The molecule has 0 spiro atoms. The van der Waals surface area contributed by atoms with Crippen LogP contribution in [0.25, 0.3) is 11.0 Å². The Bertz CT molecular complexity index is 1110. The van der Waals surface area contributed by atoms with Crippen molar-refractivity contribution in [3.63, 3.8) is 0 Å². The van der Waals surface area contributed by atoms with Crippen LogP contribution in [0, 0.1) is 5.92 Å². The van der Waals surface area contributed by atoms with Crippen molar-refractivity contribution in [3.8, 4) is 0 Å². The van der Waals surface area contributed by atoms with Crippen LogP contribution in [0.5, 0.6) is 0 Å². The lowest BCUT2D eigenvalue weighted by molar-refractivity contribution is -0.132. The molecule has 32 heavy (non-hydrogen) atoms. The van der Waals surface area contributed by atoms with Crippen LogP contribution in [0.3, 0.4) is 0 Å². The van der Waals surface area contributed by atoms with E-state index in [2.05, 4.69) is 36.3 Å². The third kappa shape index (κ3) is 4.27. The molecule has 0 radical (unpaired) electrons. The predicted octanol–water partition coefficient (Wildman–Crippen LogP) is 4.05. The zero-order valence-corrected chi connectivity index (χ0v) is 19.2. The maximum Gasteiger partial charge on any atom is 0.290 e. The van der Waals surface area contributed by atoms with Gasteiger partial charge in [-0.15, -0.1) is 0 Å². The van der Waals surface area contributed by atoms with Crippen LogP contribution in [-0.2, 0) is 17.8 Å². The normalized spacial score (nSPS) is 18.2. The summed E-state index contributed by atoms with van der Waals surface area (Å²) in [7, 11) is 0. The lowest BCUT2D eigenvalue weighted by atomic mass is 9.94. The number of imidazole rings is 1. The lowest BCUT2D eigenvalue weighted by Crippen LogP contribution is -2.64. The van der Waals surface area contributed by atoms with Crippen molar-refractivity contribution in [2.24, 2.45) is 5.92 Å².